The summed E-state index contributed by atoms with van der Waals surface area (Å²) >= 11 is 0. The van der Waals surface area contributed by atoms with Gasteiger partial charge in [-0.25, -0.2) is 0 Å². The zero-order valence-corrected chi connectivity index (χ0v) is 8.82. The lowest BCUT2D eigenvalue weighted by Gasteiger charge is -2.33. The summed E-state index contributed by atoms with van der Waals surface area (Å²) in [6.07, 6.45) is 7.90. The predicted molar refractivity (Wildman–Crippen MR) is 58.0 cm³/mol. The minimum Gasteiger partial charge on any atom is -0.296 e. The summed E-state index contributed by atoms with van der Waals surface area (Å²) in [4.78, 5) is 6.70. The Morgan fingerprint density at radius 3 is 3.14 bits per heavy atom. The minimum atomic E-state index is 0.740. The smallest absolute Gasteiger partial charge is 0.0312 e. The highest BCUT2D eigenvalue weighted by Gasteiger charge is 2.17. The van der Waals surface area contributed by atoms with Crippen molar-refractivity contribution in [1.82, 2.24) is 9.88 Å². The van der Waals surface area contributed by atoms with E-state index >= 15 is 0 Å². The monoisotopic (exact) mass is 190 g/mol. The number of hydrogen-bond donors (Lipinski definition) is 0. The molecule has 0 bridgehead atoms. The van der Waals surface area contributed by atoms with Crippen LogP contribution in [0.2, 0.25) is 0 Å². The van der Waals surface area contributed by atoms with Crippen molar-refractivity contribution < 1.29 is 0 Å². The number of piperidine rings is 1. The van der Waals surface area contributed by atoms with E-state index in [0.29, 0.717) is 0 Å². The lowest BCUT2D eigenvalue weighted by Crippen LogP contribution is -2.36. The third kappa shape index (κ3) is 2.32. The SMILES string of the molecule is C[C@@H]1CCCCN1Cc1cccnc1. The van der Waals surface area contributed by atoms with Gasteiger partial charge in [-0.15, -0.1) is 0 Å². The minimum absolute atomic E-state index is 0.740. The van der Waals surface area contributed by atoms with Crippen molar-refractivity contribution in [3.8, 4) is 0 Å². The largest absolute Gasteiger partial charge is 0.296 e. The molecule has 2 heteroatoms. The molecule has 0 aromatic carbocycles. The van der Waals surface area contributed by atoms with Crippen molar-refractivity contribution in [2.75, 3.05) is 6.54 Å². The maximum Gasteiger partial charge on any atom is 0.0312 e. The van der Waals surface area contributed by atoms with E-state index in [9.17, 15) is 0 Å². The van der Waals surface area contributed by atoms with Crippen molar-refractivity contribution in [2.24, 2.45) is 0 Å². The normalized spacial score (nSPS) is 23.6. The van der Waals surface area contributed by atoms with Crippen LogP contribution in [0.4, 0.5) is 0 Å². The Hall–Kier alpha value is -0.890. The average Bonchev–Trinajstić information content (AvgIpc) is 2.23. The van der Waals surface area contributed by atoms with Gasteiger partial charge in [0.1, 0.15) is 0 Å². The maximum absolute atomic E-state index is 4.15. The van der Waals surface area contributed by atoms with E-state index in [0.717, 1.165) is 12.6 Å². The first-order valence-electron chi connectivity index (χ1n) is 5.49. The highest BCUT2D eigenvalue weighted by Crippen LogP contribution is 2.18. The second kappa shape index (κ2) is 4.56. The fourth-order valence-electron chi connectivity index (χ4n) is 2.12. The van der Waals surface area contributed by atoms with Gasteiger partial charge in [0.2, 0.25) is 0 Å². The Morgan fingerprint density at radius 2 is 2.43 bits per heavy atom. The molecule has 2 heterocycles. The predicted octanol–water partition coefficient (Wildman–Crippen LogP) is 2.46. The van der Waals surface area contributed by atoms with Crippen LogP contribution in [-0.4, -0.2) is 22.5 Å². The summed E-state index contributed by atoms with van der Waals surface area (Å²) in [6, 6.07) is 4.92. The Kier molecular flexibility index (Phi) is 3.14. The van der Waals surface area contributed by atoms with Gasteiger partial charge < -0.3 is 0 Å². The molecular formula is C12H18N2. The molecular weight excluding hydrogens is 172 g/mol. The van der Waals surface area contributed by atoms with Crippen LogP contribution in [0.25, 0.3) is 0 Å². The molecule has 0 aliphatic carbocycles. The summed E-state index contributed by atoms with van der Waals surface area (Å²) in [5, 5.41) is 0. The van der Waals surface area contributed by atoms with Gasteiger partial charge in [0, 0.05) is 25.0 Å². The molecule has 0 saturated carbocycles. The van der Waals surface area contributed by atoms with Crippen molar-refractivity contribution in [2.45, 2.75) is 38.8 Å². The van der Waals surface area contributed by atoms with E-state index in [1.165, 1.54) is 31.4 Å². The van der Waals surface area contributed by atoms with E-state index in [-0.39, 0.29) is 0 Å². The molecule has 1 aromatic heterocycles. The molecule has 2 nitrogen and oxygen atoms in total. The van der Waals surface area contributed by atoms with Gasteiger partial charge >= 0.3 is 0 Å². The Morgan fingerprint density at radius 1 is 1.50 bits per heavy atom. The van der Waals surface area contributed by atoms with Crippen LogP contribution in [-0.2, 0) is 6.54 Å². The highest BCUT2D eigenvalue weighted by molar-refractivity contribution is 5.08. The molecule has 0 amide bonds. The lowest BCUT2D eigenvalue weighted by atomic mass is 10.0. The first-order chi connectivity index (χ1) is 6.86. The molecule has 0 N–H and O–H groups in total. The summed E-state index contributed by atoms with van der Waals surface area (Å²) in [6.45, 7) is 4.64. The van der Waals surface area contributed by atoms with E-state index < -0.39 is 0 Å². The van der Waals surface area contributed by atoms with E-state index in [2.05, 4.69) is 22.9 Å². The van der Waals surface area contributed by atoms with E-state index in [4.69, 9.17) is 0 Å². The fraction of sp³-hybridized carbons (Fsp3) is 0.583. The Labute approximate surface area is 86.0 Å². The van der Waals surface area contributed by atoms with Crippen molar-refractivity contribution in [1.29, 1.82) is 0 Å². The van der Waals surface area contributed by atoms with Gasteiger partial charge in [-0.2, -0.15) is 0 Å². The van der Waals surface area contributed by atoms with Crippen molar-refractivity contribution >= 4 is 0 Å². The third-order valence-electron chi connectivity index (χ3n) is 3.05. The van der Waals surface area contributed by atoms with Gasteiger partial charge in [0.15, 0.2) is 0 Å². The first-order valence-corrected chi connectivity index (χ1v) is 5.49. The number of pyridine rings is 1. The van der Waals surface area contributed by atoms with Crippen LogP contribution >= 0.6 is 0 Å². The molecule has 1 fully saturated rings. The average molecular weight is 190 g/mol. The van der Waals surface area contributed by atoms with Crippen molar-refractivity contribution in [3.63, 3.8) is 0 Å². The number of nitrogens with zero attached hydrogens (tertiary/aromatic N) is 2. The summed E-state index contributed by atoms with van der Waals surface area (Å²) in [7, 11) is 0. The molecule has 1 saturated heterocycles. The third-order valence-corrected chi connectivity index (χ3v) is 3.05. The summed E-state index contributed by atoms with van der Waals surface area (Å²) < 4.78 is 0. The molecule has 1 aliphatic rings. The summed E-state index contributed by atoms with van der Waals surface area (Å²) in [5.41, 5.74) is 1.33. The van der Waals surface area contributed by atoms with Crippen LogP contribution in [0, 0.1) is 0 Å². The Bertz CT molecular complexity index is 271. The number of aromatic nitrogens is 1. The molecule has 1 aromatic rings. The fourth-order valence-corrected chi connectivity index (χ4v) is 2.12. The molecule has 1 atom stereocenters. The summed E-state index contributed by atoms with van der Waals surface area (Å²) in [5.74, 6) is 0. The zero-order chi connectivity index (χ0) is 9.80. The second-order valence-corrected chi connectivity index (χ2v) is 4.18. The topological polar surface area (TPSA) is 16.1 Å². The molecule has 0 spiro atoms. The van der Waals surface area contributed by atoms with Crippen molar-refractivity contribution in [3.05, 3.63) is 30.1 Å². The number of rotatable bonds is 2. The lowest BCUT2D eigenvalue weighted by molar-refractivity contribution is 0.152. The zero-order valence-electron chi connectivity index (χ0n) is 8.82. The highest BCUT2D eigenvalue weighted by atomic mass is 15.2. The van der Waals surface area contributed by atoms with Crippen LogP contribution in [0.5, 0.6) is 0 Å². The molecule has 1 aliphatic heterocycles. The van der Waals surface area contributed by atoms with Crippen LogP contribution in [0.1, 0.15) is 31.7 Å². The molecule has 76 valence electrons. The van der Waals surface area contributed by atoms with Crippen LogP contribution in [0.3, 0.4) is 0 Å². The van der Waals surface area contributed by atoms with Gasteiger partial charge in [-0.05, 0) is 37.9 Å². The van der Waals surface area contributed by atoms with Gasteiger partial charge in [-0.1, -0.05) is 12.5 Å². The van der Waals surface area contributed by atoms with E-state index in [1.54, 1.807) is 0 Å². The molecule has 14 heavy (non-hydrogen) atoms. The molecule has 2 rings (SSSR count). The van der Waals surface area contributed by atoms with Crippen LogP contribution in [0.15, 0.2) is 24.5 Å². The van der Waals surface area contributed by atoms with Gasteiger partial charge in [0.25, 0.3) is 0 Å². The quantitative estimate of drug-likeness (QED) is 0.712. The number of likely N-dealkylation sites (tertiary alicyclic amines) is 1. The van der Waals surface area contributed by atoms with Gasteiger partial charge in [-0.3, -0.25) is 9.88 Å². The Balaban J connectivity index is 1.96. The number of hydrogen-bond acceptors (Lipinski definition) is 2. The molecule has 0 radical (unpaired) electrons. The first kappa shape index (κ1) is 9.66. The van der Waals surface area contributed by atoms with E-state index in [1.807, 2.05) is 18.5 Å². The second-order valence-electron chi connectivity index (χ2n) is 4.18. The van der Waals surface area contributed by atoms with Crippen LogP contribution < -0.4 is 0 Å². The standard InChI is InChI=1S/C12H18N2/c1-11-5-2-3-8-14(11)10-12-6-4-7-13-9-12/h4,6-7,9,11H,2-3,5,8,10H2,1H3/t11-/m1/s1. The maximum atomic E-state index is 4.15. The van der Waals surface area contributed by atoms with Gasteiger partial charge in [0.05, 0.1) is 0 Å². The molecule has 0 unspecified atom stereocenters.